The predicted octanol–water partition coefficient (Wildman–Crippen LogP) is 2.79. The van der Waals surface area contributed by atoms with Crippen LogP contribution in [0.15, 0.2) is 70.6 Å². The predicted molar refractivity (Wildman–Crippen MR) is 97.5 cm³/mol. The third kappa shape index (κ3) is 3.86. The van der Waals surface area contributed by atoms with Gasteiger partial charge >= 0.3 is 0 Å². The quantitative estimate of drug-likeness (QED) is 0.611. The van der Waals surface area contributed by atoms with Gasteiger partial charge in [0.15, 0.2) is 4.91 Å². The summed E-state index contributed by atoms with van der Waals surface area (Å²) < 4.78 is 38.2. The molecule has 0 amide bonds. The Morgan fingerprint density at radius 1 is 1.00 bits per heavy atom. The number of rotatable bonds is 4. The van der Waals surface area contributed by atoms with Crippen LogP contribution in [0.1, 0.15) is 0 Å². The zero-order valence-corrected chi connectivity index (χ0v) is 14.9. The average Bonchev–Trinajstić information content (AvgIpc) is 2.67. The fraction of sp³-hybridized carbons (Fsp3) is 0.211. The second-order valence-electron chi connectivity index (χ2n) is 5.92. The number of benzene rings is 2. The van der Waals surface area contributed by atoms with E-state index in [9.17, 15) is 18.1 Å². The maximum atomic E-state index is 13.0. The van der Waals surface area contributed by atoms with Crippen LogP contribution in [0.4, 0.5) is 10.1 Å². The van der Waals surface area contributed by atoms with Crippen molar-refractivity contribution in [1.29, 1.82) is 5.26 Å². The highest BCUT2D eigenvalue weighted by Gasteiger charge is 2.23. The third-order valence-electron chi connectivity index (χ3n) is 4.26. The number of anilines is 1. The van der Waals surface area contributed by atoms with E-state index in [1.54, 1.807) is 6.07 Å². The summed E-state index contributed by atoms with van der Waals surface area (Å²) in [6.45, 7) is 2.68. The molecule has 0 radical (unpaired) electrons. The topological polar surface area (TPSA) is 64.4 Å². The summed E-state index contributed by atoms with van der Waals surface area (Å²) >= 11 is 0. The first-order chi connectivity index (χ1) is 12.5. The number of allylic oxidation sites excluding steroid dienone is 1. The number of nitrogens with zero attached hydrogens (tertiary/aromatic N) is 3. The smallest absolute Gasteiger partial charge is 0.218 e. The van der Waals surface area contributed by atoms with Gasteiger partial charge in [-0.1, -0.05) is 18.2 Å². The van der Waals surface area contributed by atoms with Crippen molar-refractivity contribution in [3.05, 3.63) is 71.5 Å². The molecule has 1 aliphatic heterocycles. The summed E-state index contributed by atoms with van der Waals surface area (Å²) in [6.07, 6.45) is 1.39. The molecule has 134 valence electrons. The van der Waals surface area contributed by atoms with Gasteiger partial charge in [0.05, 0.1) is 4.90 Å². The Hall–Kier alpha value is -2.85. The van der Waals surface area contributed by atoms with E-state index in [0.717, 1.165) is 30.9 Å². The van der Waals surface area contributed by atoms with Gasteiger partial charge in [-0.3, -0.25) is 0 Å². The van der Waals surface area contributed by atoms with Gasteiger partial charge in [0, 0.05) is 38.1 Å². The number of hydrogen-bond acceptors (Lipinski definition) is 5. The van der Waals surface area contributed by atoms with E-state index in [2.05, 4.69) is 4.90 Å². The molecule has 1 saturated heterocycles. The van der Waals surface area contributed by atoms with Crippen LogP contribution in [0, 0.1) is 17.1 Å². The summed E-state index contributed by atoms with van der Waals surface area (Å²) in [5, 5.41) is 9.33. The van der Waals surface area contributed by atoms with E-state index < -0.39 is 15.7 Å². The van der Waals surface area contributed by atoms with E-state index >= 15 is 0 Å². The van der Waals surface area contributed by atoms with Gasteiger partial charge in [-0.2, -0.15) is 5.26 Å². The second-order valence-corrected chi connectivity index (χ2v) is 7.84. The minimum atomic E-state index is -3.95. The molecule has 0 N–H and O–H groups in total. The molecular formula is C19H18FN3O2S. The minimum Gasteiger partial charge on any atom is -0.372 e. The lowest BCUT2D eigenvalue weighted by Crippen LogP contribution is -2.44. The van der Waals surface area contributed by atoms with E-state index in [0.29, 0.717) is 13.1 Å². The second kappa shape index (κ2) is 7.58. The van der Waals surface area contributed by atoms with E-state index in [4.69, 9.17) is 0 Å². The Kier molecular flexibility index (Phi) is 5.24. The van der Waals surface area contributed by atoms with Crippen LogP contribution < -0.4 is 4.90 Å². The van der Waals surface area contributed by atoms with Crippen molar-refractivity contribution in [1.82, 2.24) is 4.90 Å². The Bertz CT molecular complexity index is 927. The Balaban J connectivity index is 1.74. The van der Waals surface area contributed by atoms with Gasteiger partial charge in [-0.15, -0.1) is 0 Å². The van der Waals surface area contributed by atoms with E-state index in [1.807, 2.05) is 35.2 Å². The Morgan fingerprint density at radius 2 is 1.62 bits per heavy atom. The van der Waals surface area contributed by atoms with E-state index in [1.165, 1.54) is 18.3 Å². The van der Waals surface area contributed by atoms with Crippen LogP contribution in [0.3, 0.4) is 0 Å². The van der Waals surface area contributed by atoms with Crippen molar-refractivity contribution in [3.63, 3.8) is 0 Å². The largest absolute Gasteiger partial charge is 0.372 e. The highest BCUT2D eigenvalue weighted by Crippen LogP contribution is 2.21. The fourth-order valence-electron chi connectivity index (χ4n) is 2.81. The maximum absolute atomic E-state index is 13.0. The summed E-state index contributed by atoms with van der Waals surface area (Å²) in [7, 11) is -3.95. The van der Waals surface area contributed by atoms with Gasteiger partial charge in [0.1, 0.15) is 11.9 Å². The molecule has 3 rings (SSSR count). The molecule has 2 aromatic carbocycles. The molecule has 2 aromatic rings. The highest BCUT2D eigenvalue weighted by atomic mass is 32.2. The number of nitriles is 1. The van der Waals surface area contributed by atoms with Gasteiger partial charge < -0.3 is 9.80 Å². The lowest BCUT2D eigenvalue weighted by atomic mass is 10.2. The molecule has 0 spiro atoms. The standard InChI is InChI=1S/C19H18FN3O2S/c20-16-6-8-18(9-7-16)26(24,25)19(14-21)15-22-10-12-23(13-11-22)17-4-2-1-3-5-17/h1-9,15H,10-13H2/b19-15-. The summed E-state index contributed by atoms with van der Waals surface area (Å²) in [5.41, 5.74) is 1.12. The summed E-state index contributed by atoms with van der Waals surface area (Å²) in [5.74, 6) is -0.525. The molecular weight excluding hydrogens is 353 g/mol. The Morgan fingerprint density at radius 3 is 2.19 bits per heavy atom. The van der Waals surface area contributed by atoms with Crippen molar-refractivity contribution in [2.45, 2.75) is 4.90 Å². The number of para-hydroxylation sites is 1. The zero-order chi connectivity index (χ0) is 18.6. The first kappa shape index (κ1) is 18.0. The average molecular weight is 371 g/mol. The lowest BCUT2D eigenvalue weighted by molar-refractivity contribution is 0.348. The van der Waals surface area contributed by atoms with Crippen LogP contribution in [-0.2, 0) is 9.84 Å². The van der Waals surface area contributed by atoms with E-state index in [-0.39, 0.29) is 9.80 Å². The maximum Gasteiger partial charge on any atom is 0.218 e. The number of sulfone groups is 1. The first-order valence-corrected chi connectivity index (χ1v) is 9.65. The molecule has 0 bridgehead atoms. The first-order valence-electron chi connectivity index (χ1n) is 8.17. The fourth-order valence-corrected chi connectivity index (χ4v) is 3.97. The molecule has 0 unspecified atom stereocenters. The lowest BCUT2D eigenvalue weighted by Gasteiger charge is -2.35. The van der Waals surface area contributed by atoms with Crippen LogP contribution in [-0.4, -0.2) is 39.5 Å². The SMILES string of the molecule is N#C/C(=C/N1CCN(c2ccccc2)CC1)S(=O)(=O)c1ccc(F)cc1. The van der Waals surface area contributed by atoms with Gasteiger partial charge in [-0.25, -0.2) is 12.8 Å². The summed E-state index contributed by atoms with van der Waals surface area (Å²) in [6, 6.07) is 16.2. The van der Waals surface area contributed by atoms with Crippen molar-refractivity contribution in [2.75, 3.05) is 31.1 Å². The number of halogens is 1. The zero-order valence-electron chi connectivity index (χ0n) is 14.0. The molecule has 0 saturated carbocycles. The molecule has 0 aliphatic carbocycles. The van der Waals surface area contributed by atoms with Crippen LogP contribution >= 0.6 is 0 Å². The monoisotopic (exact) mass is 371 g/mol. The number of piperazine rings is 1. The normalized spacial score (nSPS) is 15.6. The van der Waals surface area contributed by atoms with Crippen molar-refractivity contribution < 1.29 is 12.8 Å². The van der Waals surface area contributed by atoms with Gasteiger partial charge in [0.25, 0.3) is 0 Å². The molecule has 1 aliphatic rings. The van der Waals surface area contributed by atoms with Gasteiger partial charge in [-0.05, 0) is 36.4 Å². The van der Waals surface area contributed by atoms with Crippen molar-refractivity contribution in [3.8, 4) is 6.07 Å². The highest BCUT2D eigenvalue weighted by molar-refractivity contribution is 7.95. The Labute approximate surface area is 152 Å². The van der Waals surface area contributed by atoms with Gasteiger partial charge in [0.2, 0.25) is 9.84 Å². The number of hydrogen-bond donors (Lipinski definition) is 0. The molecule has 1 heterocycles. The van der Waals surface area contributed by atoms with Crippen molar-refractivity contribution >= 4 is 15.5 Å². The van der Waals surface area contributed by atoms with Crippen LogP contribution in [0.2, 0.25) is 0 Å². The van der Waals surface area contributed by atoms with Crippen molar-refractivity contribution in [2.24, 2.45) is 0 Å². The third-order valence-corrected chi connectivity index (χ3v) is 5.93. The molecule has 0 atom stereocenters. The molecule has 7 heteroatoms. The molecule has 0 aromatic heterocycles. The van der Waals surface area contributed by atoms with Crippen LogP contribution in [0.25, 0.3) is 0 Å². The minimum absolute atomic E-state index is 0.0883. The molecule has 5 nitrogen and oxygen atoms in total. The summed E-state index contributed by atoms with van der Waals surface area (Å²) in [4.78, 5) is 3.62. The van der Waals surface area contributed by atoms with Crippen LogP contribution in [0.5, 0.6) is 0 Å². The molecule has 26 heavy (non-hydrogen) atoms. The molecule has 1 fully saturated rings.